The lowest BCUT2D eigenvalue weighted by Crippen LogP contribution is -2.52. The van der Waals surface area contributed by atoms with Gasteiger partial charge in [-0.25, -0.2) is 8.42 Å². The van der Waals surface area contributed by atoms with Crippen LogP contribution in [0.2, 0.25) is 0 Å². The Morgan fingerprint density at radius 3 is 2.72 bits per heavy atom. The van der Waals surface area contributed by atoms with Gasteiger partial charge < -0.3 is 4.90 Å². The van der Waals surface area contributed by atoms with Crippen molar-refractivity contribution in [1.29, 1.82) is 0 Å². The summed E-state index contributed by atoms with van der Waals surface area (Å²) in [6.45, 7) is 0.347. The van der Waals surface area contributed by atoms with Gasteiger partial charge in [0.05, 0.1) is 10.6 Å². The van der Waals surface area contributed by atoms with Crippen LogP contribution in [0.5, 0.6) is 0 Å². The summed E-state index contributed by atoms with van der Waals surface area (Å²) < 4.78 is 25.7. The van der Waals surface area contributed by atoms with E-state index in [0.29, 0.717) is 31.4 Å². The fourth-order valence-corrected chi connectivity index (χ4v) is 5.29. The highest BCUT2D eigenvalue weighted by atomic mass is 32.2. The van der Waals surface area contributed by atoms with Crippen LogP contribution in [0.4, 0.5) is 0 Å². The number of carbonyl (C=O) groups excluding carboxylic acids is 3. The molecule has 0 aliphatic carbocycles. The first kappa shape index (κ1) is 20.8. The SMILES string of the molecule is [N-]=[N+]=NCCCCCS(=O)(=O)c1cccc2c1CN(C1CCC(=O)NC1=O)C2=O. The molecular weight excluding hydrogens is 398 g/mol. The fraction of sp³-hybridized carbons (Fsp3) is 0.500. The van der Waals surface area contributed by atoms with Gasteiger partial charge in [-0.05, 0) is 36.9 Å². The Morgan fingerprint density at radius 1 is 1.21 bits per heavy atom. The molecule has 2 aliphatic heterocycles. The second-order valence-electron chi connectivity index (χ2n) is 7.02. The standard InChI is InChI=1S/C18H21N5O5S/c19-22-20-9-2-1-3-10-29(27,28)15-6-4-5-12-13(15)11-23(18(12)26)14-7-8-16(24)21-17(14)25/h4-6,14H,1-3,7-11H2,(H,21,24,25). The van der Waals surface area contributed by atoms with Crippen LogP contribution in [0.15, 0.2) is 28.2 Å². The molecule has 0 aromatic heterocycles. The van der Waals surface area contributed by atoms with Crippen LogP contribution in [0.1, 0.15) is 48.0 Å². The van der Waals surface area contributed by atoms with Crippen molar-refractivity contribution in [2.24, 2.45) is 5.11 Å². The Morgan fingerprint density at radius 2 is 2.00 bits per heavy atom. The Balaban J connectivity index is 1.75. The number of nitrogens with one attached hydrogen (secondary N) is 1. The summed E-state index contributed by atoms with van der Waals surface area (Å²) in [4.78, 5) is 40.4. The van der Waals surface area contributed by atoms with Gasteiger partial charge in [-0.2, -0.15) is 0 Å². The van der Waals surface area contributed by atoms with Crippen LogP contribution in [-0.4, -0.2) is 49.4 Å². The van der Waals surface area contributed by atoms with Crippen LogP contribution in [0, 0.1) is 0 Å². The highest BCUT2D eigenvalue weighted by molar-refractivity contribution is 7.91. The van der Waals surface area contributed by atoms with Gasteiger partial charge in [0.2, 0.25) is 11.8 Å². The second-order valence-corrected chi connectivity index (χ2v) is 9.09. The Labute approximate surface area is 167 Å². The summed E-state index contributed by atoms with van der Waals surface area (Å²) in [5.41, 5.74) is 8.92. The molecule has 1 aromatic carbocycles. The van der Waals surface area contributed by atoms with Gasteiger partial charge in [-0.15, -0.1) is 0 Å². The molecule has 1 N–H and O–H groups in total. The average molecular weight is 419 g/mol. The quantitative estimate of drug-likeness (QED) is 0.224. The normalized spacial score (nSPS) is 19.0. The molecule has 1 saturated heterocycles. The van der Waals surface area contributed by atoms with E-state index >= 15 is 0 Å². The van der Waals surface area contributed by atoms with E-state index in [-0.39, 0.29) is 41.5 Å². The van der Waals surface area contributed by atoms with Crippen molar-refractivity contribution in [2.75, 3.05) is 12.3 Å². The van der Waals surface area contributed by atoms with E-state index in [4.69, 9.17) is 5.53 Å². The van der Waals surface area contributed by atoms with Crippen LogP contribution in [-0.2, 0) is 26.0 Å². The monoisotopic (exact) mass is 419 g/mol. The molecule has 1 unspecified atom stereocenters. The van der Waals surface area contributed by atoms with Crippen LogP contribution in [0.25, 0.3) is 10.4 Å². The van der Waals surface area contributed by atoms with E-state index in [1.54, 1.807) is 6.07 Å². The molecule has 2 aliphatic rings. The maximum atomic E-state index is 12.8. The molecule has 1 fully saturated rings. The summed E-state index contributed by atoms with van der Waals surface area (Å²) >= 11 is 0. The maximum Gasteiger partial charge on any atom is 0.255 e. The van der Waals surface area contributed by atoms with E-state index in [2.05, 4.69) is 15.3 Å². The lowest BCUT2D eigenvalue weighted by Gasteiger charge is -2.29. The summed E-state index contributed by atoms with van der Waals surface area (Å²) in [7, 11) is -3.62. The third kappa shape index (κ3) is 4.41. The van der Waals surface area contributed by atoms with Crippen LogP contribution >= 0.6 is 0 Å². The van der Waals surface area contributed by atoms with Gasteiger partial charge >= 0.3 is 0 Å². The first-order valence-electron chi connectivity index (χ1n) is 9.35. The van der Waals surface area contributed by atoms with E-state index in [9.17, 15) is 22.8 Å². The van der Waals surface area contributed by atoms with E-state index in [0.717, 1.165) is 0 Å². The van der Waals surface area contributed by atoms with Crippen molar-refractivity contribution < 1.29 is 22.8 Å². The van der Waals surface area contributed by atoms with Gasteiger partial charge in [0.1, 0.15) is 6.04 Å². The molecule has 10 nitrogen and oxygen atoms in total. The first-order valence-corrected chi connectivity index (χ1v) is 11.0. The molecule has 1 atom stereocenters. The summed E-state index contributed by atoms with van der Waals surface area (Å²) in [6, 6.07) is 3.78. The number of carbonyl (C=O) groups is 3. The molecular formula is C18H21N5O5S. The van der Waals surface area contributed by atoms with Crippen molar-refractivity contribution >= 4 is 27.6 Å². The van der Waals surface area contributed by atoms with E-state index in [1.165, 1.54) is 17.0 Å². The number of imide groups is 1. The number of amides is 3. The van der Waals surface area contributed by atoms with Gasteiger partial charge in [0, 0.05) is 35.5 Å². The third-order valence-electron chi connectivity index (χ3n) is 5.11. The molecule has 3 amide bonds. The minimum atomic E-state index is -3.62. The van der Waals surface area contributed by atoms with Gasteiger partial charge in [-0.3, -0.25) is 19.7 Å². The summed E-state index contributed by atoms with van der Waals surface area (Å²) in [5.74, 6) is -1.39. The van der Waals surface area contributed by atoms with E-state index in [1.807, 2.05) is 0 Å². The Bertz CT molecular complexity index is 1000. The topological polar surface area (TPSA) is 149 Å². The zero-order valence-corrected chi connectivity index (χ0v) is 16.5. The zero-order valence-electron chi connectivity index (χ0n) is 15.7. The number of azide groups is 1. The van der Waals surface area contributed by atoms with Crippen molar-refractivity contribution in [3.05, 3.63) is 39.8 Å². The van der Waals surface area contributed by atoms with Crippen molar-refractivity contribution in [3.8, 4) is 0 Å². The third-order valence-corrected chi connectivity index (χ3v) is 6.99. The molecule has 11 heteroatoms. The van der Waals surface area contributed by atoms with Crippen molar-refractivity contribution in [2.45, 2.75) is 49.6 Å². The van der Waals surface area contributed by atoms with E-state index < -0.39 is 27.7 Å². The average Bonchev–Trinajstić information content (AvgIpc) is 3.01. The molecule has 1 aromatic rings. The number of rotatable bonds is 8. The summed E-state index contributed by atoms with van der Waals surface area (Å²) in [5, 5.41) is 5.64. The Hall–Kier alpha value is -2.91. The second kappa shape index (κ2) is 8.62. The zero-order chi connectivity index (χ0) is 21.0. The number of unbranched alkanes of at least 4 members (excludes halogenated alkanes) is 2. The molecule has 0 radical (unpaired) electrons. The van der Waals surface area contributed by atoms with Gasteiger partial charge in [0.15, 0.2) is 9.84 Å². The molecule has 0 spiro atoms. The van der Waals surface area contributed by atoms with Crippen LogP contribution in [0.3, 0.4) is 0 Å². The molecule has 3 rings (SSSR count). The molecule has 2 heterocycles. The lowest BCUT2D eigenvalue weighted by atomic mass is 10.0. The number of benzene rings is 1. The van der Waals surface area contributed by atoms with Crippen molar-refractivity contribution in [3.63, 3.8) is 0 Å². The molecule has 154 valence electrons. The smallest absolute Gasteiger partial charge is 0.255 e. The van der Waals surface area contributed by atoms with Gasteiger partial charge in [-0.1, -0.05) is 17.6 Å². The van der Waals surface area contributed by atoms with Crippen molar-refractivity contribution in [1.82, 2.24) is 10.2 Å². The predicted octanol–water partition coefficient (Wildman–Crippen LogP) is 1.70. The fourth-order valence-electron chi connectivity index (χ4n) is 3.65. The molecule has 0 saturated carbocycles. The number of hydrogen-bond donors (Lipinski definition) is 1. The number of piperidine rings is 1. The number of hydrogen-bond acceptors (Lipinski definition) is 6. The molecule has 0 bridgehead atoms. The Kier molecular flexibility index (Phi) is 6.19. The predicted molar refractivity (Wildman–Crippen MR) is 102 cm³/mol. The first-order chi connectivity index (χ1) is 13.8. The largest absolute Gasteiger partial charge is 0.322 e. The highest BCUT2D eigenvalue weighted by Crippen LogP contribution is 2.32. The maximum absolute atomic E-state index is 12.8. The minimum Gasteiger partial charge on any atom is -0.322 e. The molecule has 29 heavy (non-hydrogen) atoms. The van der Waals surface area contributed by atoms with Gasteiger partial charge in [0.25, 0.3) is 5.91 Å². The number of sulfone groups is 1. The number of fused-ring (bicyclic) bond motifs is 1. The number of nitrogens with zero attached hydrogens (tertiary/aromatic N) is 4. The summed E-state index contributed by atoms with van der Waals surface area (Å²) in [6.07, 6.45) is 1.98. The van der Waals surface area contributed by atoms with Crippen LogP contribution < -0.4 is 5.32 Å². The lowest BCUT2D eigenvalue weighted by molar-refractivity contribution is -0.136. The highest BCUT2D eigenvalue weighted by Gasteiger charge is 2.40. The minimum absolute atomic E-state index is 0.0206.